The lowest BCUT2D eigenvalue weighted by Gasteiger charge is -2.05. The number of nitrogens with one attached hydrogen (secondary N) is 1. The first-order chi connectivity index (χ1) is 9.58. The Labute approximate surface area is 122 Å². The molecule has 0 aliphatic heterocycles. The highest BCUT2D eigenvalue weighted by Gasteiger charge is 2.45. The Bertz CT molecular complexity index is 507. The largest absolute Gasteiger partial charge is 0.465 e. The van der Waals surface area contributed by atoms with Gasteiger partial charge in [0, 0.05) is 11.6 Å². The maximum Gasteiger partial charge on any atom is 0.312 e. The molecule has 0 radical (unpaired) electrons. The van der Waals surface area contributed by atoms with Gasteiger partial charge in [-0.25, -0.2) is 4.79 Å². The molecule has 3 N–H and O–H groups in total. The number of hydrogen-bond donors (Lipinski definition) is 2. The molecule has 0 spiro atoms. The minimum absolute atomic E-state index is 0.0717. The molecular formula is C14H17ClN2O3. The number of urea groups is 1. The number of ether oxygens (including phenoxy) is 1. The van der Waals surface area contributed by atoms with Crippen molar-refractivity contribution in [2.24, 2.45) is 11.7 Å². The predicted molar refractivity (Wildman–Crippen MR) is 75.5 cm³/mol. The molecule has 0 saturated heterocycles. The average Bonchev–Trinajstić information content (AvgIpc) is 3.18. The summed E-state index contributed by atoms with van der Waals surface area (Å²) in [7, 11) is 0. The molecular weight excluding hydrogens is 280 g/mol. The fraction of sp³-hybridized carbons (Fsp3) is 0.429. The van der Waals surface area contributed by atoms with Crippen LogP contribution in [-0.4, -0.2) is 25.2 Å². The van der Waals surface area contributed by atoms with Gasteiger partial charge in [0.1, 0.15) is 0 Å². The molecule has 20 heavy (non-hydrogen) atoms. The summed E-state index contributed by atoms with van der Waals surface area (Å²) in [5, 5.41) is 3.12. The normalized spacial score (nSPS) is 20.2. The molecule has 1 aromatic rings. The van der Waals surface area contributed by atoms with Gasteiger partial charge in [0.2, 0.25) is 0 Å². The highest BCUT2D eigenvalue weighted by atomic mass is 35.5. The highest BCUT2D eigenvalue weighted by molar-refractivity contribution is 6.30. The summed E-state index contributed by atoms with van der Waals surface area (Å²) in [6, 6.07) is 6.98. The predicted octanol–water partition coefficient (Wildman–Crippen LogP) is 2.05. The number of esters is 1. The molecule has 5 nitrogen and oxygen atoms in total. The number of primary amides is 1. The molecule has 6 heteroatoms. The number of benzene rings is 1. The number of carbonyl (C=O) groups is 2. The van der Waals surface area contributed by atoms with Crippen molar-refractivity contribution in [3.63, 3.8) is 0 Å². The Hall–Kier alpha value is -1.75. The van der Waals surface area contributed by atoms with Crippen LogP contribution in [0.25, 0.3) is 0 Å². The third-order valence-corrected chi connectivity index (χ3v) is 3.47. The fourth-order valence-corrected chi connectivity index (χ4v) is 2.32. The van der Waals surface area contributed by atoms with Crippen LogP contribution in [0.5, 0.6) is 0 Å². The van der Waals surface area contributed by atoms with Crippen molar-refractivity contribution in [1.82, 2.24) is 5.32 Å². The molecule has 2 rings (SSSR count). The Kier molecular flexibility index (Phi) is 4.84. The monoisotopic (exact) mass is 296 g/mol. The van der Waals surface area contributed by atoms with Gasteiger partial charge in [-0.15, -0.1) is 0 Å². The summed E-state index contributed by atoms with van der Waals surface area (Å²) in [5.74, 6) is -0.0449. The van der Waals surface area contributed by atoms with Gasteiger partial charge >= 0.3 is 12.0 Å². The second-order valence-corrected chi connectivity index (χ2v) is 5.25. The standard InChI is InChI=1S/C14H17ClN2O3/c15-10-4-1-3-9(7-10)11-8-12(11)13(18)20-6-2-5-17-14(16)19/h1,3-4,7,11-12H,2,5-6,8H2,(H3,16,17,19)/t11-,12+/m1/s1. The second-order valence-electron chi connectivity index (χ2n) is 4.82. The van der Waals surface area contributed by atoms with Crippen molar-refractivity contribution in [1.29, 1.82) is 0 Å². The van der Waals surface area contributed by atoms with Gasteiger partial charge in [-0.2, -0.15) is 0 Å². The van der Waals surface area contributed by atoms with Crippen LogP contribution in [0.2, 0.25) is 5.02 Å². The number of amides is 2. The molecule has 0 heterocycles. The van der Waals surface area contributed by atoms with E-state index in [0.717, 1.165) is 12.0 Å². The third kappa shape index (κ3) is 4.13. The lowest BCUT2D eigenvalue weighted by Crippen LogP contribution is -2.30. The van der Waals surface area contributed by atoms with Gasteiger partial charge in [-0.05, 0) is 36.5 Å². The molecule has 1 aliphatic carbocycles. The summed E-state index contributed by atoms with van der Waals surface area (Å²) < 4.78 is 5.17. The van der Waals surface area contributed by atoms with Crippen LogP contribution in [0.3, 0.4) is 0 Å². The second kappa shape index (κ2) is 6.61. The molecule has 1 aliphatic rings. The maximum atomic E-state index is 11.8. The lowest BCUT2D eigenvalue weighted by molar-refractivity contribution is -0.145. The molecule has 108 valence electrons. The molecule has 1 aromatic carbocycles. The number of hydrogen-bond acceptors (Lipinski definition) is 3. The van der Waals surface area contributed by atoms with Crippen molar-refractivity contribution in [3.05, 3.63) is 34.9 Å². The van der Waals surface area contributed by atoms with Gasteiger partial charge in [-0.3, -0.25) is 4.79 Å². The first-order valence-electron chi connectivity index (χ1n) is 6.53. The lowest BCUT2D eigenvalue weighted by atomic mass is 10.1. The number of rotatable bonds is 6. The Morgan fingerprint density at radius 2 is 2.25 bits per heavy atom. The van der Waals surface area contributed by atoms with Gasteiger partial charge < -0.3 is 15.8 Å². The van der Waals surface area contributed by atoms with E-state index < -0.39 is 6.03 Å². The molecule has 2 amide bonds. The van der Waals surface area contributed by atoms with E-state index in [9.17, 15) is 9.59 Å². The Morgan fingerprint density at radius 1 is 1.45 bits per heavy atom. The quantitative estimate of drug-likeness (QED) is 0.622. The van der Waals surface area contributed by atoms with Gasteiger partial charge in [0.25, 0.3) is 0 Å². The van der Waals surface area contributed by atoms with E-state index in [2.05, 4.69) is 5.32 Å². The zero-order valence-corrected chi connectivity index (χ0v) is 11.7. The van der Waals surface area contributed by atoms with Crippen molar-refractivity contribution in [2.75, 3.05) is 13.2 Å². The summed E-state index contributed by atoms with van der Waals surface area (Å²) >= 11 is 5.93. The molecule has 0 aromatic heterocycles. The van der Waals surface area contributed by atoms with Crippen molar-refractivity contribution >= 4 is 23.6 Å². The molecule has 0 unspecified atom stereocenters. The van der Waals surface area contributed by atoms with Crippen LogP contribution >= 0.6 is 11.6 Å². The summed E-state index contributed by atoms with van der Waals surface area (Å²) in [6.45, 7) is 0.697. The van der Waals surface area contributed by atoms with E-state index in [1.54, 1.807) is 0 Å². The van der Waals surface area contributed by atoms with Crippen molar-refractivity contribution in [2.45, 2.75) is 18.8 Å². The van der Waals surface area contributed by atoms with Crippen LogP contribution in [0, 0.1) is 5.92 Å². The van der Waals surface area contributed by atoms with E-state index in [0.29, 0.717) is 18.0 Å². The van der Waals surface area contributed by atoms with Gasteiger partial charge in [0.05, 0.1) is 12.5 Å². The Morgan fingerprint density at radius 3 is 2.95 bits per heavy atom. The Balaban J connectivity index is 1.69. The SMILES string of the molecule is NC(=O)NCCCOC(=O)[C@H]1C[C@@H]1c1cccc(Cl)c1. The third-order valence-electron chi connectivity index (χ3n) is 3.23. The molecule has 1 saturated carbocycles. The van der Waals surface area contributed by atoms with Gasteiger partial charge in [0.15, 0.2) is 0 Å². The first-order valence-corrected chi connectivity index (χ1v) is 6.91. The van der Waals surface area contributed by atoms with Crippen molar-refractivity contribution in [3.8, 4) is 0 Å². The molecule has 1 fully saturated rings. The topological polar surface area (TPSA) is 81.4 Å². The number of halogens is 1. The minimum atomic E-state index is -0.570. The van der Waals surface area contributed by atoms with Crippen LogP contribution in [-0.2, 0) is 9.53 Å². The zero-order valence-electron chi connectivity index (χ0n) is 11.0. The molecule has 2 atom stereocenters. The summed E-state index contributed by atoms with van der Waals surface area (Å²) in [5.41, 5.74) is 6.00. The van der Waals surface area contributed by atoms with Crippen LogP contribution in [0.15, 0.2) is 24.3 Å². The summed E-state index contributed by atoms with van der Waals surface area (Å²) in [4.78, 5) is 22.2. The maximum absolute atomic E-state index is 11.8. The highest BCUT2D eigenvalue weighted by Crippen LogP contribution is 2.48. The first kappa shape index (κ1) is 14.7. The average molecular weight is 297 g/mol. The molecule has 0 bridgehead atoms. The fourth-order valence-electron chi connectivity index (χ4n) is 2.12. The smallest absolute Gasteiger partial charge is 0.312 e. The van der Waals surface area contributed by atoms with Crippen LogP contribution < -0.4 is 11.1 Å². The minimum Gasteiger partial charge on any atom is -0.465 e. The van der Waals surface area contributed by atoms with E-state index in [-0.39, 0.29) is 24.4 Å². The van der Waals surface area contributed by atoms with E-state index >= 15 is 0 Å². The number of carbonyl (C=O) groups excluding carboxylic acids is 2. The number of nitrogens with two attached hydrogens (primary N) is 1. The van der Waals surface area contributed by atoms with Crippen LogP contribution in [0.1, 0.15) is 24.3 Å². The van der Waals surface area contributed by atoms with E-state index in [1.165, 1.54) is 0 Å². The van der Waals surface area contributed by atoms with Crippen LogP contribution in [0.4, 0.5) is 4.79 Å². The van der Waals surface area contributed by atoms with E-state index in [4.69, 9.17) is 22.1 Å². The summed E-state index contributed by atoms with van der Waals surface area (Å²) in [6.07, 6.45) is 1.36. The van der Waals surface area contributed by atoms with Gasteiger partial charge in [-0.1, -0.05) is 23.7 Å². The van der Waals surface area contributed by atoms with Crippen molar-refractivity contribution < 1.29 is 14.3 Å². The van der Waals surface area contributed by atoms with E-state index in [1.807, 2.05) is 24.3 Å². The zero-order chi connectivity index (χ0) is 14.5.